The van der Waals surface area contributed by atoms with Gasteiger partial charge in [-0.2, -0.15) is 5.26 Å². The second-order valence-electron chi connectivity index (χ2n) is 16.9. The number of H-pyrrole nitrogens is 1. The van der Waals surface area contributed by atoms with Crippen molar-refractivity contribution < 1.29 is 32.4 Å². The normalized spacial score (nSPS) is 19.1. The number of hydrogen-bond acceptors (Lipinski definition) is 11. The molecule has 1 aliphatic rings. The van der Waals surface area contributed by atoms with Crippen LogP contribution in [0.2, 0.25) is 18.1 Å². The fourth-order valence-electron chi connectivity index (χ4n) is 7.14. The van der Waals surface area contributed by atoms with Gasteiger partial charge in [0.15, 0.2) is 19.3 Å². The van der Waals surface area contributed by atoms with Crippen molar-refractivity contribution in [2.24, 2.45) is 0 Å². The van der Waals surface area contributed by atoms with Crippen LogP contribution in [0.5, 0.6) is 11.5 Å². The summed E-state index contributed by atoms with van der Waals surface area (Å²) in [6.45, 7) is 19.5. The fraction of sp³-hybridized carbons (Fsp3) is 0.489. The van der Waals surface area contributed by atoms with Crippen LogP contribution in [-0.4, -0.2) is 80.4 Å². The van der Waals surface area contributed by atoms with E-state index in [1.165, 1.54) is 6.07 Å². The van der Waals surface area contributed by atoms with Crippen molar-refractivity contribution in [2.75, 3.05) is 27.4 Å². The van der Waals surface area contributed by atoms with E-state index in [0.29, 0.717) is 11.5 Å². The molecule has 12 nitrogen and oxygen atoms in total. The Morgan fingerprint density at radius 3 is 1.92 bits per heavy atom. The molecular weight excluding hydrogens is 816 g/mol. The van der Waals surface area contributed by atoms with Gasteiger partial charge in [-0.25, -0.2) is 4.67 Å². The Balaban J connectivity index is 1.73. The molecule has 1 saturated heterocycles. The molecule has 1 aliphatic heterocycles. The van der Waals surface area contributed by atoms with Gasteiger partial charge >= 0.3 is 0 Å². The maximum Gasteiger partial charge on any atom is 0.259 e. The third kappa shape index (κ3) is 10.6. The van der Waals surface area contributed by atoms with E-state index in [1.807, 2.05) is 66.7 Å². The molecule has 60 heavy (non-hydrogen) atoms. The molecule has 0 saturated carbocycles. The first-order valence-electron chi connectivity index (χ1n) is 20.4. The summed E-state index contributed by atoms with van der Waals surface area (Å²) < 4.78 is 51.0. The summed E-state index contributed by atoms with van der Waals surface area (Å²) in [7, 11) is -1.05. The SMILES string of the molecule is COc1ccc(C(OC[C@H]2O[C@@H](n3ccc(=O)[nH]c3=S)C(O[Si](C)(C)C(C)(C)C)[C@H]2OP(OCCC#N)N(C(C)C)C(C)C)(c2ccccc2)c2ccc(OC)cc2)cc1. The van der Waals surface area contributed by atoms with Crippen molar-refractivity contribution in [1.82, 2.24) is 14.2 Å². The van der Waals surface area contributed by atoms with Crippen molar-refractivity contribution in [3.05, 3.63) is 123 Å². The first-order chi connectivity index (χ1) is 28.5. The Labute approximate surface area is 362 Å². The van der Waals surface area contributed by atoms with Crippen LogP contribution in [0, 0.1) is 16.1 Å². The standard InChI is InChI=1S/C45H61N4O8PSSi/c1-31(2)49(32(3)4)58(54-29-15-27-46)56-40-38(55-42(48-28-26-39(50)47-43(48)59)41(40)57-60(10,11)44(5,6)7)30-53-45(33-16-13-12-14-17-33,34-18-22-36(51-8)23-19-34)35-20-24-37(52-9)25-21-35/h12-14,16-26,28,31-32,38,40-42H,15,29-30H2,1-11H3,(H,47,50,59)/t38-,40+,41?,42-,58?/m1/s1. The molecule has 2 unspecified atom stereocenters. The Kier molecular flexibility index (Phi) is 16.1. The fourth-order valence-corrected chi connectivity index (χ4v) is 10.5. The lowest BCUT2D eigenvalue weighted by Crippen LogP contribution is -2.50. The number of benzene rings is 3. The van der Waals surface area contributed by atoms with Crippen LogP contribution >= 0.6 is 20.7 Å². The zero-order valence-electron chi connectivity index (χ0n) is 36.7. The Morgan fingerprint density at radius 1 is 0.883 bits per heavy atom. The molecular formula is C45H61N4O8PSSi. The molecule has 5 rings (SSSR count). The number of nitrogens with one attached hydrogen (secondary N) is 1. The van der Waals surface area contributed by atoms with Gasteiger partial charge in [0.25, 0.3) is 14.1 Å². The van der Waals surface area contributed by atoms with E-state index in [-0.39, 0.29) is 47.1 Å². The lowest BCUT2D eigenvalue weighted by atomic mass is 9.80. The average molecular weight is 877 g/mol. The van der Waals surface area contributed by atoms with E-state index < -0.39 is 47.0 Å². The molecule has 2 heterocycles. The second-order valence-corrected chi connectivity index (χ2v) is 23.4. The molecule has 4 aromatic rings. The van der Waals surface area contributed by atoms with Crippen molar-refractivity contribution in [3.8, 4) is 17.6 Å². The van der Waals surface area contributed by atoms with Crippen LogP contribution in [0.15, 0.2) is 95.9 Å². The topological polar surface area (TPSA) is 129 Å². The van der Waals surface area contributed by atoms with Crippen LogP contribution in [0.25, 0.3) is 0 Å². The minimum absolute atomic E-state index is 0.0207. The van der Waals surface area contributed by atoms with Gasteiger partial charge in [-0.15, -0.1) is 0 Å². The van der Waals surface area contributed by atoms with Gasteiger partial charge in [0.05, 0.1) is 39.9 Å². The molecule has 5 atom stereocenters. The van der Waals surface area contributed by atoms with Crippen molar-refractivity contribution in [1.29, 1.82) is 5.26 Å². The predicted octanol–water partition coefficient (Wildman–Crippen LogP) is 9.88. The van der Waals surface area contributed by atoms with E-state index in [4.69, 9.17) is 44.6 Å². The highest BCUT2D eigenvalue weighted by Crippen LogP contribution is 2.52. The van der Waals surface area contributed by atoms with Gasteiger partial charge in [-0.3, -0.25) is 14.3 Å². The Bertz CT molecular complexity index is 2080. The summed E-state index contributed by atoms with van der Waals surface area (Å²) in [6.07, 6.45) is -1.25. The highest BCUT2D eigenvalue weighted by molar-refractivity contribution is 7.71. The van der Waals surface area contributed by atoms with Gasteiger partial charge in [0, 0.05) is 24.3 Å². The van der Waals surface area contributed by atoms with Crippen molar-refractivity contribution >= 4 is 29.1 Å². The molecule has 15 heteroatoms. The number of nitrogens with zero attached hydrogens (tertiary/aromatic N) is 3. The quantitative estimate of drug-likeness (QED) is 0.0318. The molecule has 0 amide bonds. The van der Waals surface area contributed by atoms with Crippen LogP contribution in [0.3, 0.4) is 0 Å². The minimum atomic E-state index is -2.57. The maximum atomic E-state index is 12.5. The van der Waals surface area contributed by atoms with E-state index in [1.54, 1.807) is 25.0 Å². The summed E-state index contributed by atoms with van der Waals surface area (Å²) in [6, 6.07) is 29.5. The summed E-state index contributed by atoms with van der Waals surface area (Å²) in [5.41, 5.74) is 1.12. The number of rotatable bonds is 19. The van der Waals surface area contributed by atoms with Gasteiger partial charge in [-0.05, 0) is 99.0 Å². The molecule has 1 N–H and O–H groups in total. The highest BCUT2D eigenvalue weighted by Gasteiger charge is 2.54. The minimum Gasteiger partial charge on any atom is -0.497 e. The Hall–Kier alpha value is -3.74. The third-order valence-electron chi connectivity index (χ3n) is 11.2. The number of ether oxygens (including phenoxy) is 4. The van der Waals surface area contributed by atoms with Crippen molar-refractivity contribution in [3.63, 3.8) is 0 Å². The average Bonchev–Trinajstić information content (AvgIpc) is 3.53. The van der Waals surface area contributed by atoms with E-state index >= 15 is 0 Å². The molecule has 324 valence electrons. The van der Waals surface area contributed by atoms with Gasteiger partial charge < -0.3 is 32.4 Å². The highest BCUT2D eigenvalue weighted by atomic mass is 32.1. The van der Waals surface area contributed by atoms with E-state index in [2.05, 4.69) is 89.4 Å². The zero-order valence-corrected chi connectivity index (χ0v) is 39.4. The molecule has 1 aromatic heterocycles. The zero-order chi connectivity index (χ0) is 43.8. The van der Waals surface area contributed by atoms with Gasteiger partial charge in [-0.1, -0.05) is 75.4 Å². The number of methoxy groups -OCH3 is 2. The van der Waals surface area contributed by atoms with Gasteiger partial charge in [0.1, 0.15) is 35.4 Å². The molecule has 0 bridgehead atoms. The smallest absolute Gasteiger partial charge is 0.259 e. The number of hydrogen-bond donors (Lipinski definition) is 1. The van der Waals surface area contributed by atoms with Crippen LogP contribution in [0.4, 0.5) is 0 Å². The lowest BCUT2D eigenvalue weighted by Gasteiger charge is -2.42. The monoisotopic (exact) mass is 876 g/mol. The molecule has 0 radical (unpaired) electrons. The molecule has 3 aromatic carbocycles. The molecule has 0 spiro atoms. The number of aromatic amines is 1. The maximum absolute atomic E-state index is 12.5. The van der Waals surface area contributed by atoms with Gasteiger partial charge in [0.2, 0.25) is 0 Å². The predicted molar refractivity (Wildman–Crippen MR) is 240 cm³/mol. The summed E-state index contributed by atoms with van der Waals surface area (Å²) >= 11 is 5.78. The summed E-state index contributed by atoms with van der Waals surface area (Å²) in [5, 5.41) is 9.33. The largest absolute Gasteiger partial charge is 0.497 e. The lowest BCUT2D eigenvalue weighted by molar-refractivity contribution is -0.0939. The molecule has 0 aliphatic carbocycles. The van der Waals surface area contributed by atoms with Crippen LogP contribution < -0.4 is 15.0 Å². The molecule has 1 fully saturated rings. The van der Waals surface area contributed by atoms with Crippen LogP contribution in [0.1, 0.15) is 77.8 Å². The third-order valence-corrected chi connectivity index (χ3v) is 18.1. The Morgan fingerprint density at radius 2 is 1.43 bits per heavy atom. The second kappa shape index (κ2) is 20.4. The first-order valence-corrected chi connectivity index (χ1v) is 24.8. The summed E-state index contributed by atoms with van der Waals surface area (Å²) in [5.74, 6) is 1.41. The summed E-state index contributed by atoms with van der Waals surface area (Å²) in [4.78, 5) is 15.3. The van der Waals surface area contributed by atoms with E-state index in [9.17, 15) is 10.1 Å². The van der Waals surface area contributed by atoms with E-state index in [0.717, 1.165) is 16.7 Å². The number of nitriles is 1. The van der Waals surface area contributed by atoms with Crippen molar-refractivity contribution in [2.45, 2.75) is 115 Å². The van der Waals surface area contributed by atoms with Crippen LogP contribution in [-0.2, 0) is 28.5 Å². The number of aromatic nitrogens is 2. The first kappa shape index (κ1) is 47.3.